The van der Waals surface area contributed by atoms with E-state index in [-0.39, 0.29) is 13.2 Å². The van der Waals surface area contributed by atoms with Gasteiger partial charge in [-0.25, -0.2) is 0 Å². The first kappa shape index (κ1) is 19.5. The largest absolute Gasteiger partial charge is 0.343 e. The Kier molecular flexibility index (Phi) is 4.99. The van der Waals surface area contributed by atoms with E-state index in [1.807, 2.05) is 0 Å². The third kappa shape index (κ3) is 4.21. The highest BCUT2D eigenvalue weighted by Gasteiger charge is 2.64. The van der Waals surface area contributed by atoms with Crippen LogP contribution in [-0.4, -0.2) is 68.7 Å². The fourth-order valence-electron chi connectivity index (χ4n) is 2.66. The summed E-state index contributed by atoms with van der Waals surface area (Å²) in [5, 5.41) is 11.8. The second-order valence-electron chi connectivity index (χ2n) is 6.92. The van der Waals surface area contributed by atoms with Gasteiger partial charge in [-0.2, -0.15) is 8.42 Å². The van der Waals surface area contributed by atoms with Gasteiger partial charge >= 0.3 is 0 Å². The van der Waals surface area contributed by atoms with Gasteiger partial charge in [-0.3, -0.25) is 14.3 Å². The topological polar surface area (TPSA) is 123 Å². The Morgan fingerprint density at radius 1 is 1.12 bits per heavy atom. The van der Waals surface area contributed by atoms with E-state index in [9.17, 15) is 18.5 Å². The molecule has 0 N–H and O–H groups in total. The molecule has 0 aromatic carbocycles. The Balaban J connectivity index is 2.27. The first-order chi connectivity index (χ1) is 10.8. The first-order valence-electron chi connectivity index (χ1n) is 7.39. The normalized spacial score (nSPS) is 31.7. The molecule has 2 rings (SSSR count). The monoisotopic (exact) mass is 369 g/mol. The molecule has 0 amide bonds. The van der Waals surface area contributed by atoms with Crippen LogP contribution in [0, 0.1) is 10.1 Å². The molecule has 0 radical (unpaired) electrons. The van der Waals surface area contributed by atoms with Crippen molar-refractivity contribution in [3.63, 3.8) is 0 Å². The van der Waals surface area contributed by atoms with E-state index < -0.39 is 51.0 Å². The molecule has 2 fully saturated rings. The van der Waals surface area contributed by atoms with Crippen molar-refractivity contribution in [1.82, 2.24) is 0 Å². The lowest BCUT2D eigenvalue weighted by Gasteiger charge is -2.40. The number of hydrogen-bond acceptors (Lipinski definition) is 9. The molecule has 2 atom stereocenters. The van der Waals surface area contributed by atoms with Gasteiger partial charge in [-0.05, 0) is 27.7 Å². The Morgan fingerprint density at radius 2 is 1.67 bits per heavy atom. The molecule has 0 spiro atoms. The first-order valence-corrected chi connectivity index (χ1v) is 9.20. The molecule has 0 aromatic rings. The van der Waals surface area contributed by atoms with E-state index >= 15 is 0 Å². The standard InChI is InChI=1S/C13H23NO9S/c1-11(2)19-7-13(8-20-11,14(15)16)10-9(6-21-24(5,17)18)22-12(3,4)23-10/h9-10H,6-8H2,1-5H3/t9-,10-/m1/s1. The van der Waals surface area contributed by atoms with Gasteiger partial charge in [0, 0.05) is 4.92 Å². The maximum atomic E-state index is 11.8. The molecule has 2 aliphatic heterocycles. The van der Waals surface area contributed by atoms with Gasteiger partial charge in [0.05, 0.1) is 12.9 Å². The van der Waals surface area contributed by atoms with Crippen LogP contribution >= 0.6 is 0 Å². The molecule has 2 heterocycles. The second-order valence-corrected chi connectivity index (χ2v) is 8.57. The van der Waals surface area contributed by atoms with Crippen molar-refractivity contribution in [2.45, 2.75) is 57.0 Å². The van der Waals surface area contributed by atoms with Crippen LogP contribution in [0.3, 0.4) is 0 Å². The summed E-state index contributed by atoms with van der Waals surface area (Å²) in [6.45, 7) is 5.56. The quantitative estimate of drug-likeness (QED) is 0.382. The highest BCUT2D eigenvalue weighted by molar-refractivity contribution is 7.85. The Hall–Kier alpha value is -0.850. The average Bonchev–Trinajstić information content (AvgIpc) is 2.71. The van der Waals surface area contributed by atoms with Crippen molar-refractivity contribution < 1.29 is 36.5 Å². The third-order valence-corrected chi connectivity index (χ3v) is 4.43. The van der Waals surface area contributed by atoms with Crippen LogP contribution in [0.15, 0.2) is 0 Å². The van der Waals surface area contributed by atoms with E-state index in [4.69, 9.17) is 23.1 Å². The molecule has 2 aliphatic rings. The Morgan fingerprint density at radius 3 is 2.12 bits per heavy atom. The van der Waals surface area contributed by atoms with Crippen LogP contribution in [0.25, 0.3) is 0 Å². The second kappa shape index (κ2) is 6.15. The molecule has 0 aromatic heterocycles. The molecule has 0 unspecified atom stereocenters. The van der Waals surface area contributed by atoms with Crippen molar-refractivity contribution in [1.29, 1.82) is 0 Å². The summed E-state index contributed by atoms with van der Waals surface area (Å²) in [5.74, 6) is -2.08. The molecular weight excluding hydrogens is 346 g/mol. The lowest BCUT2D eigenvalue weighted by atomic mass is 9.90. The third-order valence-electron chi connectivity index (χ3n) is 3.86. The van der Waals surface area contributed by atoms with Crippen LogP contribution < -0.4 is 0 Å². The number of nitro groups is 1. The summed E-state index contributed by atoms with van der Waals surface area (Å²) in [4.78, 5) is 11.3. The summed E-state index contributed by atoms with van der Waals surface area (Å²) in [5.41, 5.74) is -1.73. The fraction of sp³-hybridized carbons (Fsp3) is 1.00. The van der Waals surface area contributed by atoms with Gasteiger partial charge in [-0.15, -0.1) is 0 Å². The average molecular weight is 369 g/mol. The summed E-state index contributed by atoms with van der Waals surface area (Å²) < 4.78 is 49.4. The van der Waals surface area contributed by atoms with Crippen molar-refractivity contribution in [3.8, 4) is 0 Å². The zero-order valence-electron chi connectivity index (χ0n) is 14.3. The molecule has 2 saturated heterocycles. The summed E-state index contributed by atoms with van der Waals surface area (Å²) in [6.07, 6.45) is -1.17. The summed E-state index contributed by atoms with van der Waals surface area (Å²) in [7, 11) is -3.73. The van der Waals surface area contributed by atoms with Crippen LogP contribution in [0.2, 0.25) is 0 Å². The van der Waals surface area contributed by atoms with Gasteiger partial charge in [0.1, 0.15) is 19.3 Å². The fourth-order valence-corrected chi connectivity index (χ4v) is 3.04. The number of ether oxygens (including phenoxy) is 4. The van der Waals surface area contributed by atoms with Gasteiger partial charge in [0.15, 0.2) is 17.7 Å². The highest BCUT2D eigenvalue weighted by atomic mass is 32.2. The molecular formula is C13H23NO9S. The van der Waals surface area contributed by atoms with Gasteiger partial charge in [0.25, 0.3) is 15.7 Å². The van der Waals surface area contributed by atoms with Crippen LogP contribution in [-0.2, 0) is 33.2 Å². The van der Waals surface area contributed by atoms with E-state index in [1.54, 1.807) is 27.7 Å². The van der Waals surface area contributed by atoms with Gasteiger partial charge < -0.3 is 18.9 Å². The van der Waals surface area contributed by atoms with Crippen molar-refractivity contribution >= 4 is 10.1 Å². The van der Waals surface area contributed by atoms with Crippen LogP contribution in [0.4, 0.5) is 0 Å². The van der Waals surface area contributed by atoms with Gasteiger partial charge in [-0.1, -0.05) is 0 Å². The molecule has 0 bridgehead atoms. The van der Waals surface area contributed by atoms with Crippen molar-refractivity contribution in [2.75, 3.05) is 26.1 Å². The smallest absolute Gasteiger partial charge is 0.296 e. The zero-order chi connectivity index (χ0) is 18.4. The minimum atomic E-state index is -3.73. The summed E-state index contributed by atoms with van der Waals surface area (Å²) in [6, 6.07) is 0. The maximum Gasteiger partial charge on any atom is 0.296 e. The number of nitrogens with zero attached hydrogens (tertiary/aromatic N) is 1. The van der Waals surface area contributed by atoms with Gasteiger partial charge in [0.2, 0.25) is 0 Å². The number of hydrogen-bond donors (Lipinski definition) is 0. The van der Waals surface area contributed by atoms with E-state index in [0.717, 1.165) is 6.26 Å². The van der Waals surface area contributed by atoms with E-state index in [1.165, 1.54) is 0 Å². The lowest BCUT2D eigenvalue weighted by molar-refractivity contribution is -0.609. The highest BCUT2D eigenvalue weighted by Crippen LogP contribution is 2.39. The predicted molar refractivity (Wildman–Crippen MR) is 80.3 cm³/mol. The number of rotatable bonds is 5. The maximum absolute atomic E-state index is 11.8. The minimum absolute atomic E-state index is 0.257. The molecule has 0 aliphatic carbocycles. The SMILES string of the molecule is CC1(C)OCC([C@@H]2OC(C)(C)O[C@@H]2COS(C)(=O)=O)([N+](=O)[O-])CO1. The molecule has 140 valence electrons. The van der Waals surface area contributed by atoms with Crippen molar-refractivity contribution in [3.05, 3.63) is 10.1 Å². The lowest BCUT2D eigenvalue weighted by Crippen LogP contribution is -2.65. The Bertz CT molecular complexity index is 591. The van der Waals surface area contributed by atoms with Crippen molar-refractivity contribution in [2.24, 2.45) is 0 Å². The van der Waals surface area contributed by atoms with Crippen LogP contribution in [0.5, 0.6) is 0 Å². The molecule has 10 nitrogen and oxygen atoms in total. The molecule has 24 heavy (non-hydrogen) atoms. The molecule has 11 heteroatoms. The van der Waals surface area contributed by atoms with Crippen LogP contribution in [0.1, 0.15) is 27.7 Å². The Labute approximate surface area is 140 Å². The minimum Gasteiger partial charge on any atom is -0.343 e. The predicted octanol–water partition coefficient (Wildman–Crippen LogP) is 0.281. The van der Waals surface area contributed by atoms with E-state index in [0.29, 0.717) is 0 Å². The van der Waals surface area contributed by atoms with E-state index in [2.05, 4.69) is 0 Å². The summed E-state index contributed by atoms with van der Waals surface area (Å²) >= 11 is 0. The zero-order valence-corrected chi connectivity index (χ0v) is 15.1. The molecule has 0 saturated carbocycles.